The molecule has 6 nitrogen and oxygen atoms in total. The van der Waals surface area contributed by atoms with Gasteiger partial charge in [-0.2, -0.15) is 0 Å². The summed E-state index contributed by atoms with van der Waals surface area (Å²) in [5.74, 6) is -1.26. The van der Waals surface area contributed by atoms with Crippen LogP contribution in [-0.4, -0.2) is 11.1 Å². The lowest BCUT2D eigenvalue weighted by Crippen LogP contribution is -2.39. The van der Waals surface area contributed by atoms with Crippen LogP contribution in [-0.2, 0) is 11.2 Å². The van der Waals surface area contributed by atoms with Crippen molar-refractivity contribution in [3.8, 4) is 0 Å². The first-order valence-electron chi connectivity index (χ1n) is 4.46. The minimum absolute atomic E-state index is 0.0429. The van der Waals surface area contributed by atoms with Gasteiger partial charge in [0.15, 0.2) is 0 Å². The molecule has 0 radical (unpaired) electrons. The van der Waals surface area contributed by atoms with E-state index < -0.39 is 23.5 Å². The smallest absolute Gasteiger partial charge is 0.314 e. The van der Waals surface area contributed by atoms with Crippen molar-refractivity contribution in [2.24, 2.45) is 0 Å². The molecule has 0 unspecified atom stereocenters. The number of carboxylic acid groups (broad SMARTS) is 1. The summed E-state index contributed by atoms with van der Waals surface area (Å²) < 4.78 is 4.77. The van der Waals surface area contributed by atoms with E-state index in [1.54, 1.807) is 12.1 Å². The van der Waals surface area contributed by atoms with E-state index in [9.17, 15) is 14.8 Å². The fourth-order valence-electron chi connectivity index (χ4n) is 1.40. The molecule has 1 aromatic carbocycles. The Balaban J connectivity index is 2.76. The van der Waals surface area contributed by atoms with Crippen molar-refractivity contribution < 1.29 is 19.3 Å². The van der Waals surface area contributed by atoms with Gasteiger partial charge < -0.3 is 9.63 Å². The molecule has 0 fully saturated rings. The second kappa shape index (κ2) is 3.65. The van der Waals surface area contributed by atoms with Crippen LogP contribution in [0.5, 0.6) is 0 Å². The summed E-state index contributed by atoms with van der Waals surface area (Å²) in [4.78, 5) is 22.2. The van der Waals surface area contributed by atoms with Crippen molar-refractivity contribution in [3.63, 3.8) is 0 Å². The largest absolute Gasteiger partial charge is 0.481 e. The highest BCUT2D eigenvalue weighted by Gasteiger charge is 2.20. The molecule has 0 amide bonds. The topological polar surface area (TPSA) is 94.4 Å². The number of benzene rings is 1. The van der Waals surface area contributed by atoms with Gasteiger partial charge in [-0.15, -0.1) is 0 Å². The molecule has 0 saturated heterocycles. The van der Waals surface area contributed by atoms with Crippen LogP contribution in [0.2, 0.25) is 0 Å². The maximum absolute atomic E-state index is 11.7. The lowest BCUT2D eigenvalue weighted by Gasteiger charge is -2.00. The zero-order chi connectivity index (χ0) is 11.7. The molecule has 1 heterocycles. The molecular weight excluding hydrogens is 214 g/mol. The molecule has 6 heteroatoms. The molecule has 1 N–H and O–H groups in total. The number of aliphatic carboxylic acids is 1. The van der Waals surface area contributed by atoms with Gasteiger partial charge in [-0.25, -0.2) is 0 Å². The Bertz CT molecular complexity index is 616. The zero-order valence-corrected chi connectivity index (χ0v) is 8.04. The highest BCUT2D eigenvalue weighted by atomic mass is 16.7. The van der Waals surface area contributed by atoms with Crippen LogP contribution in [0.4, 0.5) is 0 Å². The van der Waals surface area contributed by atoms with E-state index in [-0.39, 0.29) is 15.9 Å². The van der Waals surface area contributed by atoms with Crippen LogP contribution in [0.3, 0.4) is 0 Å². The first-order valence-corrected chi connectivity index (χ1v) is 4.46. The van der Waals surface area contributed by atoms with Crippen molar-refractivity contribution in [1.29, 1.82) is 0 Å². The van der Waals surface area contributed by atoms with Crippen LogP contribution >= 0.6 is 0 Å². The molecule has 2 aromatic rings. The molecule has 0 aliphatic carbocycles. The monoisotopic (exact) mass is 221 g/mol. The molecule has 0 saturated carbocycles. The molecule has 0 atom stereocenters. The minimum Gasteiger partial charge on any atom is -0.481 e. The van der Waals surface area contributed by atoms with Crippen LogP contribution in [0.25, 0.3) is 11.0 Å². The molecular formula is C10H7NO5. The molecule has 2 rings (SSSR count). The molecule has 82 valence electrons. The Morgan fingerprint density at radius 1 is 1.44 bits per heavy atom. The summed E-state index contributed by atoms with van der Waals surface area (Å²) in [6.45, 7) is 0. The molecule has 0 bridgehead atoms. The van der Waals surface area contributed by atoms with Gasteiger partial charge in [0.05, 0.1) is 10.5 Å². The molecule has 0 spiro atoms. The number of hydrogen-bond donors (Lipinski definition) is 1. The summed E-state index contributed by atoms with van der Waals surface area (Å²) in [5, 5.41) is 20.0. The van der Waals surface area contributed by atoms with Crippen molar-refractivity contribution in [3.05, 3.63) is 45.4 Å². The lowest BCUT2D eigenvalue weighted by atomic mass is 10.2. The van der Waals surface area contributed by atoms with E-state index in [0.29, 0.717) is 0 Å². The first-order chi connectivity index (χ1) is 7.59. The van der Waals surface area contributed by atoms with Crippen LogP contribution in [0.15, 0.2) is 33.6 Å². The fourth-order valence-corrected chi connectivity index (χ4v) is 1.40. The van der Waals surface area contributed by atoms with Gasteiger partial charge in [-0.3, -0.25) is 14.8 Å². The molecule has 16 heavy (non-hydrogen) atoms. The van der Waals surface area contributed by atoms with Gasteiger partial charge in [0.1, 0.15) is 6.42 Å². The number of rotatable bonds is 2. The van der Waals surface area contributed by atoms with Crippen LogP contribution in [0.1, 0.15) is 5.69 Å². The number of nitrogens with zero attached hydrogens (tertiary/aromatic N) is 1. The normalized spacial score (nSPS) is 10.5. The lowest BCUT2D eigenvalue weighted by molar-refractivity contribution is -0.799. The molecule has 0 aliphatic heterocycles. The van der Waals surface area contributed by atoms with Crippen LogP contribution in [0, 0.1) is 5.21 Å². The Morgan fingerprint density at radius 2 is 2.12 bits per heavy atom. The number of carbonyl (C=O) groups is 1. The van der Waals surface area contributed by atoms with E-state index in [4.69, 9.17) is 9.63 Å². The average Bonchev–Trinajstić information content (AvgIpc) is 2.24. The summed E-state index contributed by atoms with van der Waals surface area (Å²) in [7, 11) is 0. The van der Waals surface area contributed by atoms with Crippen molar-refractivity contribution in [2.45, 2.75) is 6.42 Å². The van der Waals surface area contributed by atoms with E-state index in [1.165, 1.54) is 12.1 Å². The highest BCUT2D eigenvalue weighted by Crippen LogP contribution is 2.07. The second-order valence-corrected chi connectivity index (χ2v) is 3.19. The van der Waals surface area contributed by atoms with Crippen LogP contribution < -0.4 is 10.3 Å². The van der Waals surface area contributed by atoms with Crippen molar-refractivity contribution in [1.82, 2.24) is 0 Å². The van der Waals surface area contributed by atoms with E-state index in [1.807, 2.05) is 0 Å². The predicted molar refractivity (Wildman–Crippen MR) is 52.8 cm³/mol. The van der Waals surface area contributed by atoms with E-state index in [2.05, 4.69) is 0 Å². The third-order valence-electron chi connectivity index (χ3n) is 2.11. The van der Waals surface area contributed by atoms with E-state index in [0.717, 1.165) is 0 Å². The Morgan fingerprint density at radius 3 is 2.81 bits per heavy atom. The van der Waals surface area contributed by atoms with Crippen molar-refractivity contribution in [2.75, 3.05) is 0 Å². The van der Waals surface area contributed by atoms with Gasteiger partial charge in [-0.1, -0.05) is 12.1 Å². The third kappa shape index (κ3) is 1.60. The highest BCUT2D eigenvalue weighted by molar-refractivity contribution is 5.77. The maximum atomic E-state index is 11.7. The Labute approximate surface area is 88.9 Å². The number of carboxylic acids is 1. The summed E-state index contributed by atoms with van der Waals surface area (Å²) >= 11 is 0. The second-order valence-electron chi connectivity index (χ2n) is 3.19. The number of hydrogen-bond acceptors (Lipinski definition) is 4. The van der Waals surface area contributed by atoms with E-state index >= 15 is 0 Å². The number of para-hydroxylation sites is 1. The Kier molecular flexibility index (Phi) is 2.32. The summed E-state index contributed by atoms with van der Waals surface area (Å²) in [5.41, 5.74) is -0.901. The maximum Gasteiger partial charge on any atom is 0.314 e. The Hall–Kier alpha value is -2.37. The molecule has 0 aliphatic rings. The average molecular weight is 221 g/mol. The SMILES string of the molecule is O=C(O)Cc1c(=O)c2ccccc2o[n+]1[O-]. The third-order valence-corrected chi connectivity index (χ3v) is 2.11. The first kappa shape index (κ1) is 10.2. The standard InChI is InChI=1S/C10H7NO5/c12-9(13)5-7-10(14)6-3-1-2-4-8(6)16-11(7)15/h1-4H,5H2,(H,12,13). The molecule has 1 aromatic heterocycles. The van der Waals surface area contributed by atoms with Gasteiger partial charge in [0, 0.05) is 5.39 Å². The number of aromatic nitrogens is 1. The van der Waals surface area contributed by atoms with Gasteiger partial charge in [-0.05, 0) is 12.1 Å². The van der Waals surface area contributed by atoms with Gasteiger partial charge >= 0.3 is 11.7 Å². The quantitative estimate of drug-likeness (QED) is 0.723. The minimum atomic E-state index is -1.26. The summed E-state index contributed by atoms with van der Waals surface area (Å²) in [6, 6.07) is 6.17. The van der Waals surface area contributed by atoms with Crippen molar-refractivity contribution >= 4 is 16.9 Å². The predicted octanol–water partition coefficient (Wildman–Crippen LogP) is 0.0535. The fraction of sp³-hybridized carbons (Fsp3) is 0.100. The number of fused-ring (bicyclic) bond motifs is 1. The zero-order valence-electron chi connectivity index (χ0n) is 8.04. The van der Waals surface area contributed by atoms with Gasteiger partial charge in [0.25, 0.3) is 5.43 Å². The summed E-state index contributed by atoms with van der Waals surface area (Å²) in [6.07, 6.45) is -0.656. The van der Waals surface area contributed by atoms with Gasteiger partial charge in [0.2, 0.25) is 0 Å².